The lowest BCUT2D eigenvalue weighted by molar-refractivity contribution is 0.399. The van der Waals surface area contributed by atoms with Gasteiger partial charge in [-0.2, -0.15) is 0 Å². The zero-order chi connectivity index (χ0) is 17.0. The molecule has 2 aromatic rings. The van der Waals surface area contributed by atoms with Crippen LogP contribution in [0.3, 0.4) is 0 Å². The van der Waals surface area contributed by atoms with Gasteiger partial charge in [-0.1, -0.05) is 29.3 Å². The predicted molar refractivity (Wildman–Crippen MR) is 102 cm³/mol. The Balaban J connectivity index is 2.11. The van der Waals surface area contributed by atoms with Crippen LogP contribution in [0.5, 0.6) is 5.75 Å². The van der Waals surface area contributed by atoms with Crippen LogP contribution in [-0.4, -0.2) is 24.2 Å². The van der Waals surface area contributed by atoms with E-state index >= 15 is 0 Å². The quantitative estimate of drug-likeness (QED) is 0.755. The van der Waals surface area contributed by atoms with Gasteiger partial charge in [0.25, 0.3) is 0 Å². The first-order chi connectivity index (χ1) is 10.9. The highest BCUT2D eigenvalue weighted by atomic mass is 35.5. The van der Waals surface area contributed by atoms with E-state index < -0.39 is 0 Å². The molecule has 0 atom stereocenters. The maximum Gasteiger partial charge on any atom is 0.173 e. The van der Waals surface area contributed by atoms with Crippen LogP contribution in [0.15, 0.2) is 36.4 Å². The maximum absolute atomic E-state index is 6.14. The highest BCUT2D eigenvalue weighted by molar-refractivity contribution is 7.80. The summed E-state index contributed by atoms with van der Waals surface area (Å²) in [5, 5.41) is 5.19. The molecule has 0 heterocycles. The molecule has 0 saturated carbocycles. The van der Waals surface area contributed by atoms with Crippen LogP contribution in [0.1, 0.15) is 11.1 Å². The van der Waals surface area contributed by atoms with Crippen molar-refractivity contribution in [2.24, 2.45) is 0 Å². The van der Waals surface area contributed by atoms with E-state index in [-0.39, 0.29) is 0 Å². The van der Waals surface area contributed by atoms with Crippen LogP contribution >= 0.6 is 35.4 Å². The fraction of sp³-hybridized carbons (Fsp3) is 0.235. The van der Waals surface area contributed by atoms with Gasteiger partial charge in [0.1, 0.15) is 5.75 Å². The minimum Gasteiger partial charge on any atom is -0.496 e. The topological polar surface area (TPSA) is 24.5 Å². The summed E-state index contributed by atoms with van der Waals surface area (Å²) in [6, 6.07) is 11.2. The molecule has 122 valence electrons. The van der Waals surface area contributed by atoms with Crippen molar-refractivity contribution in [3.8, 4) is 5.75 Å². The van der Waals surface area contributed by atoms with E-state index in [0.717, 1.165) is 22.6 Å². The second-order valence-electron chi connectivity index (χ2n) is 5.15. The summed E-state index contributed by atoms with van der Waals surface area (Å²) in [5.41, 5.74) is 2.83. The molecule has 0 spiro atoms. The molecule has 0 saturated heterocycles. The highest BCUT2D eigenvalue weighted by Gasteiger charge is 2.11. The number of nitrogens with zero attached hydrogens (tertiary/aromatic N) is 1. The van der Waals surface area contributed by atoms with Crippen molar-refractivity contribution >= 4 is 46.2 Å². The van der Waals surface area contributed by atoms with Gasteiger partial charge in [0.15, 0.2) is 5.11 Å². The number of methoxy groups -OCH3 is 1. The molecule has 6 heteroatoms. The number of anilines is 1. The Kier molecular flexibility index (Phi) is 6.10. The van der Waals surface area contributed by atoms with Gasteiger partial charge < -0.3 is 15.0 Å². The van der Waals surface area contributed by atoms with Crippen LogP contribution < -0.4 is 10.1 Å². The third-order valence-corrected chi connectivity index (χ3v) is 4.56. The first-order valence-electron chi connectivity index (χ1n) is 7.02. The third kappa shape index (κ3) is 4.50. The second-order valence-corrected chi connectivity index (χ2v) is 6.39. The molecule has 0 unspecified atom stereocenters. The summed E-state index contributed by atoms with van der Waals surface area (Å²) in [7, 11) is 3.55. The fourth-order valence-corrected chi connectivity index (χ4v) is 2.70. The number of rotatable bonds is 4. The third-order valence-electron chi connectivity index (χ3n) is 3.51. The summed E-state index contributed by atoms with van der Waals surface area (Å²) < 4.78 is 5.37. The van der Waals surface area contributed by atoms with Crippen molar-refractivity contribution in [3.05, 3.63) is 57.6 Å². The Morgan fingerprint density at radius 3 is 2.70 bits per heavy atom. The molecule has 0 aliphatic carbocycles. The van der Waals surface area contributed by atoms with Crippen molar-refractivity contribution in [1.82, 2.24) is 4.90 Å². The first kappa shape index (κ1) is 17.9. The lowest BCUT2D eigenvalue weighted by atomic mass is 10.2. The molecule has 0 amide bonds. The van der Waals surface area contributed by atoms with Crippen LogP contribution in [-0.2, 0) is 6.54 Å². The van der Waals surface area contributed by atoms with E-state index in [1.54, 1.807) is 13.2 Å². The summed E-state index contributed by atoms with van der Waals surface area (Å²) in [4.78, 5) is 1.92. The number of benzene rings is 2. The molecule has 2 rings (SSSR count). The second kappa shape index (κ2) is 7.86. The molecule has 2 aromatic carbocycles. The number of thiocarbonyl (C=S) groups is 1. The average molecular weight is 369 g/mol. The van der Waals surface area contributed by atoms with Crippen molar-refractivity contribution in [1.29, 1.82) is 0 Å². The van der Waals surface area contributed by atoms with Crippen molar-refractivity contribution in [2.45, 2.75) is 13.5 Å². The lowest BCUT2D eigenvalue weighted by Gasteiger charge is -2.23. The normalized spacial score (nSPS) is 10.3. The average Bonchev–Trinajstić information content (AvgIpc) is 2.52. The fourth-order valence-electron chi connectivity index (χ4n) is 2.15. The Labute approximate surface area is 152 Å². The van der Waals surface area contributed by atoms with Crippen LogP contribution in [0.4, 0.5) is 5.69 Å². The van der Waals surface area contributed by atoms with E-state index in [1.165, 1.54) is 0 Å². The van der Waals surface area contributed by atoms with E-state index in [1.807, 2.05) is 49.2 Å². The Hall–Kier alpha value is -1.49. The molecule has 0 radical (unpaired) electrons. The van der Waals surface area contributed by atoms with Gasteiger partial charge in [-0.15, -0.1) is 0 Å². The summed E-state index contributed by atoms with van der Waals surface area (Å²) in [6.45, 7) is 2.53. The molecule has 0 aromatic heterocycles. The maximum atomic E-state index is 6.14. The number of ether oxygens (including phenoxy) is 1. The molecule has 1 N–H and O–H groups in total. The molecule has 0 aliphatic heterocycles. The van der Waals surface area contributed by atoms with Gasteiger partial charge in [0, 0.05) is 34.9 Å². The van der Waals surface area contributed by atoms with Gasteiger partial charge in [0.05, 0.1) is 7.11 Å². The predicted octanol–water partition coefficient (Wildman–Crippen LogP) is 5.14. The smallest absolute Gasteiger partial charge is 0.173 e. The number of nitrogens with one attached hydrogen (secondary N) is 1. The molecular weight excluding hydrogens is 351 g/mol. The summed E-state index contributed by atoms with van der Waals surface area (Å²) in [6.07, 6.45) is 0. The molecule has 3 nitrogen and oxygen atoms in total. The van der Waals surface area contributed by atoms with Gasteiger partial charge in [-0.05, 0) is 55.0 Å². The van der Waals surface area contributed by atoms with E-state index in [0.29, 0.717) is 21.7 Å². The molecule has 0 fully saturated rings. The Bertz CT molecular complexity index is 722. The molecule has 0 aliphatic rings. The zero-order valence-electron chi connectivity index (χ0n) is 13.2. The summed E-state index contributed by atoms with van der Waals surface area (Å²) in [5.74, 6) is 0.781. The Morgan fingerprint density at radius 2 is 2.00 bits per heavy atom. The zero-order valence-corrected chi connectivity index (χ0v) is 15.5. The van der Waals surface area contributed by atoms with Crippen molar-refractivity contribution in [3.63, 3.8) is 0 Å². The van der Waals surface area contributed by atoms with Crippen LogP contribution in [0, 0.1) is 6.92 Å². The SMILES string of the molecule is COc1ccc(Cl)cc1CN(C)C(=S)Nc1cccc(Cl)c1C. The minimum absolute atomic E-state index is 0.579. The number of hydrogen-bond acceptors (Lipinski definition) is 2. The van der Waals surface area contributed by atoms with Gasteiger partial charge >= 0.3 is 0 Å². The van der Waals surface area contributed by atoms with Gasteiger partial charge in [0.2, 0.25) is 0 Å². The van der Waals surface area contributed by atoms with Crippen molar-refractivity contribution in [2.75, 3.05) is 19.5 Å². The molecule has 0 bridgehead atoms. The minimum atomic E-state index is 0.579. The van der Waals surface area contributed by atoms with Gasteiger partial charge in [-0.3, -0.25) is 0 Å². The standard InChI is InChI=1S/C17H18Cl2N2OS/c1-11-14(19)5-4-6-15(11)20-17(23)21(2)10-12-9-13(18)7-8-16(12)22-3/h4-9H,10H2,1-3H3,(H,20,23). The number of hydrogen-bond donors (Lipinski definition) is 1. The van der Waals surface area contributed by atoms with E-state index in [2.05, 4.69) is 5.32 Å². The number of halogens is 2. The van der Waals surface area contributed by atoms with Crippen LogP contribution in [0.2, 0.25) is 10.0 Å². The summed E-state index contributed by atoms with van der Waals surface area (Å²) >= 11 is 17.7. The largest absolute Gasteiger partial charge is 0.496 e. The molecular formula is C17H18Cl2N2OS. The van der Waals surface area contributed by atoms with Crippen molar-refractivity contribution < 1.29 is 4.74 Å². The van der Waals surface area contributed by atoms with Crippen LogP contribution in [0.25, 0.3) is 0 Å². The van der Waals surface area contributed by atoms with Gasteiger partial charge in [-0.25, -0.2) is 0 Å². The highest BCUT2D eigenvalue weighted by Crippen LogP contribution is 2.25. The molecule has 23 heavy (non-hydrogen) atoms. The van der Waals surface area contributed by atoms with E-state index in [9.17, 15) is 0 Å². The lowest BCUT2D eigenvalue weighted by Crippen LogP contribution is -2.31. The Morgan fingerprint density at radius 1 is 1.26 bits per heavy atom. The first-order valence-corrected chi connectivity index (χ1v) is 8.18. The monoisotopic (exact) mass is 368 g/mol. The van der Waals surface area contributed by atoms with E-state index in [4.69, 9.17) is 40.2 Å².